The van der Waals surface area contributed by atoms with Crippen LogP contribution in [-0.4, -0.2) is 9.97 Å². The van der Waals surface area contributed by atoms with E-state index < -0.39 is 0 Å². The molecule has 70 valence electrons. The average molecular weight is 185 g/mol. The van der Waals surface area contributed by atoms with Crippen LogP contribution in [0.25, 0.3) is 11.3 Å². The topological polar surface area (TPSA) is 51.8 Å². The molecular formula is C11H11N3. The van der Waals surface area contributed by atoms with Gasteiger partial charge in [-0.05, 0) is 31.2 Å². The molecule has 0 saturated heterocycles. The number of aryl methyl sites for hydroxylation is 1. The molecule has 0 bridgehead atoms. The van der Waals surface area contributed by atoms with Crippen LogP contribution in [0, 0.1) is 6.92 Å². The molecule has 0 atom stereocenters. The first-order valence-electron chi connectivity index (χ1n) is 4.41. The minimum atomic E-state index is 0.676. The molecule has 0 spiro atoms. The predicted octanol–water partition coefficient (Wildman–Crippen LogP) is 2.03. The van der Waals surface area contributed by atoms with Gasteiger partial charge in [-0.1, -0.05) is 0 Å². The molecule has 0 aromatic carbocycles. The van der Waals surface area contributed by atoms with Gasteiger partial charge >= 0.3 is 0 Å². The molecule has 2 heterocycles. The minimum Gasteiger partial charge on any atom is -0.397 e. The standard InChI is InChI=1S/C11H11N3/c1-8-10(3-2-6-13-8)11-5-4-9(12)7-14-11/h2-7H,12H2,1H3. The molecule has 2 aromatic heterocycles. The second-order valence-electron chi connectivity index (χ2n) is 3.11. The fraction of sp³-hybridized carbons (Fsp3) is 0.0909. The van der Waals surface area contributed by atoms with E-state index in [1.165, 1.54) is 0 Å². The van der Waals surface area contributed by atoms with E-state index in [1.54, 1.807) is 12.4 Å². The number of anilines is 1. The normalized spacial score (nSPS) is 10.1. The van der Waals surface area contributed by atoms with Crippen molar-refractivity contribution < 1.29 is 0 Å². The second-order valence-corrected chi connectivity index (χ2v) is 3.11. The maximum Gasteiger partial charge on any atom is 0.0721 e. The Hall–Kier alpha value is -1.90. The highest BCUT2D eigenvalue weighted by Crippen LogP contribution is 2.19. The number of hydrogen-bond acceptors (Lipinski definition) is 3. The molecule has 3 heteroatoms. The Morgan fingerprint density at radius 3 is 2.64 bits per heavy atom. The van der Waals surface area contributed by atoms with Gasteiger partial charge in [0.2, 0.25) is 0 Å². The molecule has 2 N–H and O–H groups in total. The van der Waals surface area contributed by atoms with Gasteiger partial charge in [-0.3, -0.25) is 9.97 Å². The maximum absolute atomic E-state index is 5.56. The van der Waals surface area contributed by atoms with E-state index in [4.69, 9.17) is 5.73 Å². The van der Waals surface area contributed by atoms with E-state index in [0.29, 0.717) is 5.69 Å². The molecule has 0 aliphatic heterocycles. The first-order chi connectivity index (χ1) is 6.77. The Labute approximate surface area is 82.6 Å². The van der Waals surface area contributed by atoms with Crippen molar-refractivity contribution in [2.75, 3.05) is 5.73 Å². The van der Waals surface area contributed by atoms with E-state index in [2.05, 4.69) is 9.97 Å². The zero-order valence-corrected chi connectivity index (χ0v) is 7.94. The summed E-state index contributed by atoms with van der Waals surface area (Å²) in [5.41, 5.74) is 9.17. The van der Waals surface area contributed by atoms with Crippen LogP contribution >= 0.6 is 0 Å². The number of pyridine rings is 2. The Morgan fingerprint density at radius 1 is 1.14 bits per heavy atom. The van der Waals surface area contributed by atoms with Crippen LogP contribution in [-0.2, 0) is 0 Å². The lowest BCUT2D eigenvalue weighted by molar-refractivity contribution is 1.19. The van der Waals surface area contributed by atoms with Crippen molar-refractivity contribution in [2.24, 2.45) is 0 Å². The van der Waals surface area contributed by atoms with Crippen LogP contribution in [0.5, 0.6) is 0 Å². The summed E-state index contributed by atoms with van der Waals surface area (Å²) in [6, 6.07) is 7.65. The van der Waals surface area contributed by atoms with Crippen molar-refractivity contribution in [3.63, 3.8) is 0 Å². The van der Waals surface area contributed by atoms with Crippen molar-refractivity contribution >= 4 is 5.69 Å². The third-order valence-corrected chi connectivity index (χ3v) is 2.07. The van der Waals surface area contributed by atoms with Crippen LogP contribution in [0.1, 0.15) is 5.69 Å². The molecule has 0 amide bonds. The third-order valence-electron chi connectivity index (χ3n) is 2.07. The summed E-state index contributed by atoms with van der Waals surface area (Å²) >= 11 is 0. The molecular weight excluding hydrogens is 174 g/mol. The minimum absolute atomic E-state index is 0.676. The average Bonchev–Trinajstić information content (AvgIpc) is 2.20. The van der Waals surface area contributed by atoms with Gasteiger partial charge in [0.1, 0.15) is 0 Å². The van der Waals surface area contributed by atoms with Gasteiger partial charge in [-0.25, -0.2) is 0 Å². The van der Waals surface area contributed by atoms with Crippen molar-refractivity contribution in [1.29, 1.82) is 0 Å². The van der Waals surface area contributed by atoms with Gasteiger partial charge in [-0.15, -0.1) is 0 Å². The lowest BCUT2D eigenvalue weighted by Crippen LogP contribution is -1.91. The van der Waals surface area contributed by atoms with E-state index >= 15 is 0 Å². The summed E-state index contributed by atoms with van der Waals surface area (Å²) in [6.07, 6.45) is 3.43. The number of nitrogens with two attached hydrogens (primary N) is 1. The van der Waals surface area contributed by atoms with Gasteiger partial charge in [0.05, 0.1) is 17.6 Å². The summed E-state index contributed by atoms with van der Waals surface area (Å²) in [6.45, 7) is 1.97. The van der Waals surface area contributed by atoms with E-state index in [-0.39, 0.29) is 0 Å². The Morgan fingerprint density at radius 2 is 2.00 bits per heavy atom. The maximum atomic E-state index is 5.56. The van der Waals surface area contributed by atoms with Gasteiger partial charge in [0.15, 0.2) is 0 Å². The SMILES string of the molecule is Cc1ncccc1-c1ccc(N)cn1. The summed E-state index contributed by atoms with van der Waals surface area (Å²) in [5.74, 6) is 0. The smallest absolute Gasteiger partial charge is 0.0721 e. The van der Waals surface area contributed by atoms with Crippen molar-refractivity contribution in [3.8, 4) is 11.3 Å². The number of aromatic nitrogens is 2. The number of rotatable bonds is 1. The van der Waals surface area contributed by atoms with E-state index in [0.717, 1.165) is 17.0 Å². The Kier molecular flexibility index (Phi) is 2.14. The molecule has 2 rings (SSSR count). The lowest BCUT2D eigenvalue weighted by Gasteiger charge is -2.03. The van der Waals surface area contributed by atoms with Crippen LogP contribution in [0.3, 0.4) is 0 Å². The molecule has 0 unspecified atom stereocenters. The molecule has 0 radical (unpaired) electrons. The summed E-state index contributed by atoms with van der Waals surface area (Å²) in [4.78, 5) is 8.45. The quantitative estimate of drug-likeness (QED) is 0.739. The van der Waals surface area contributed by atoms with E-state index in [1.807, 2.05) is 31.2 Å². The summed E-state index contributed by atoms with van der Waals surface area (Å²) in [5, 5.41) is 0. The predicted molar refractivity (Wildman–Crippen MR) is 56.6 cm³/mol. The number of nitrogens with zero attached hydrogens (tertiary/aromatic N) is 2. The number of nitrogen functional groups attached to an aromatic ring is 1. The van der Waals surface area contributed by atoms with Gasteiger partial charge in [0.25, 0.3) is 0 Å². The van der Waals surface area contributed by atoms with Gasteiger partial charge in [-0.2, -0.15) is 0 Å². The molecule has 3 nitrogen and oxygen atoms in total. The largest absolute Gasteiger partial charge is 0.397 e. The van der Waals surface area contributed by atoms with Crippen molar-refractivity contribution in [1.82, 2.24) is 9.97 Å². The molecule has 0 fully saturated rings. The molecule has 0 saturated carbocycles. The molecule has 14 heavy (non-hydrogen) atoms. The third kappa shape index (κ3) is 1.57. The Balaban J connectivity index is 2.50. The van der Waals surface area contributed by atoms with Crippen LogP contribution in [0.15, 0.2) is 36.7 Å². The van der Waals surface area contributed by atoms with Gasteiger partial charge in [0, 0.05) is 17.5 Å². The highest BCUT2D eigenvalue weighted by molar-refractivity contribution is 5.62. The van der Waals surface area contributed by atoms with Crippen molar-refractivity contribution in [3.05, 3.63) is 42.4 Å². The van der Waals surface area contributed by atoms with Gasteiger partial charge < -0.3 is 5.73 Å². The Bertz CT molecular complexity index is 435. The van der Waals surface area contributed by atoms with Crippen LogP contribution < -0.4 is 5.73 Å². The molecule has 2 aromatic rings. The first-order valence-corrected chi connectivity index (χ1v) is 4.41. The fourth-order valence-corrected chi connectivity index (χ4v) is 1.32. The summed E-state index contributed by atoms with van der Waals surface area (Å²) < 4.78 is 0. The second kappa shape index (κ2) is 3.46. The fourth-order valence-electron chi connectivity index (χ4n) is 1.32. The highest BCUT2D eigenvalue weighted by Gasteiger charge is 2.01. The van der Waals surface area contributed by atoms with E-state index in [9.17, 15) is 0 Å². The molecule has 0 aliphatic rings. The monoisotopic (exact) mass is 185 g/mol. The first kappa shape index (κ1) is 8.69. The highest BCUT2D eigenvalue weighted by atomic mass is 14.7. The van der Waals surface area contributed by atoms with Crippen LogP contribution in [0.4, 0.5) is 5.69 Å². The zero-order valence-electron chi connectivity index (χ0n) is 7.94. The van der Waals surface area contributed by atoms with Crippen molar-refractivity contribution in [2.45, 2.75) is 6.92 Å². The zero-order chi connectivity index (χ0) is 9.97. The molecule has 0 aliphatic carbocycles. The lowest BCUT2D eigenvalue weighted by atomic mass is 10.1. The summed E-state index contributed by atoms with van der Waals surface area (Å²) in [7, 11) is 0. The number of hydrogen-bond donors (Lipinski definition) is 1. The van der Waals surface area contributed by atoms with Crippen LogP contribution in [0.2, 0.25) is 0 Å².